The zero-order valence-corrected chi connectivity index (χ0v) is 12.7. The summed E-state index contributed by atoms with van der Waals surface area (Å²) in [6.07, 6.45) is 1.01. The Bertz CT molecular complexity index is 774. The van der Waals surface area contributed by atoms with Gasteiger partial charge in [-0.25, -0.2) is 0 Å². The number of aromatic amines is 1. The number of methoxy groups -OCH3 is 1. The lowest BCUT2D eigenvalue weighted by Gasteiger charge is -2.10. The van der Waals surface area contributed by atoms with Crippen LogP contribution in [0.15, 0.2) is 42.5 Å². The van der Waals surface area contributed by atoms with E-state index in [1.807, 2.05) is 24.3 Å². The molecular formula is C18H20N2O. The van der Waals surface area contributed by atoms with Gasteiger partial charge in [0.2, 0.25) is 0 Å². The number of aromatic nitrogens is 1. The highest BCUT2D eigenvalue weighted by molar-refractivity contribution is 5.95. The molecule has 21 heavy (non-hydrogen) atoms. The molecule has 0 atom stereocenters. The summed E-state index contributed by atoms with van der Waals surface area (Å²) in [7, 11) is 1.68. The van der Waals surface area contributed by atoms with E-state index in [2.05, 4.69) is 42.3 Å². The van der Waals surface area contributed by atoms with Crippen LogP contribution in [0.3, 0.4) is 0 Å². The largest absolute Gasteiger partial charge is 0.497 e. The Morgan fingerprint density at radius 2 is 2.00 bits per heavy atom. The number of nitrogens with one attached hydrogen (secondary N) is 2. The Labute approximate surface area is 125 Å². The summed E-state index contributed by atoms with van der Waals surface area (Å²) in [6, 6.07) is 14.6. The fraction of sp³-hybridized carbons (Fsp3) is 0.222. The van der Waals surface area contributed by atoms with Crippen molar-refractivity contribution in [1.29, 1.82) is 0 Å². The molecule has 0 amide bonds. The molecular weight excluding hydrogens is 260 g/mol. The second-order valence-corrected chi connectivity index (χ2v) is 5.28. The first-order chi connectivity index (χ1) is 10.2. The van der Waals surface area contributed by atoms with Crippen molar-refractivity contribution in [1.82, 2.24) is 4.98 Å². The highest BCUT2D eigenvalue weighted by Crippen LogP contribution is 2.30. The van der Waals surface area contributed by atoms with Gasteiger partial charge in [0, 0.05) is 34.0 Å². The monoisotopic (exact) mass is 280 g/mol. The van der Waals surface area contributed by atoms with E-state index in [-0.39, 0.29) is 0 Å². The Morgan fingerprint density at radius 1 is 1.14 bits per heavy atom. The van der Waals surface area contributed by atoms with Gasteiger partial charge in [0.25, 0.3) is 0 Å². The van der Waals surface area contributed by atoms with Gasteiger partial charge in [0.1, 0.15) is 5.75 Å². The van der Waals surface area contributed by atoms with Crippen LogP contribution in [0.4, 0.5) is 11.4 Å². The van der Waals surface area contributed by atoms with Crippen LogP contribution in [-0.2, 0) is 6.42 Å². The van der Waals surface area contributed by atoms with E-state index in [9.17, 15) is 0 Å². The van der Waals surface area contributed by atoms with Crippen LogP contribution in [0.2, 0.25) is 0 Å². The lowest BCUT2D eigenvalue weighted by atomic mass is 10.1. The third-order valence-electron chi connectivity index (χ3n) is 3.67. The van der Waals surface area contributed by atoms with Gasteiger partial charge in [-0.05, 0) is 49.2 Å². The molecule has 3 nitrogen and oxygen atoms in total. The minimum absolute atomic E-state index is 0.854. The summed E-state index contributed by atoms with van der Waals surface area (Å²) in [6.45, 7) is 4.27. The molecule has 0 saturated carbocycles. The molecule has 3 rings (SSSR count). The molecule has 1 heterocycles. The number of aryl methyl sites for hydroxylation is 2. The number of anilines is 2. The number of ether oxygens (including phenoxy) is 1. The normalized spacial score (nSPS) is 10.8. The molecule has 0 aliphatic rings. The van der Waals surface area contributed by atoms with Gasteiger partial charge in [-0.15, -0.1) is 0 Å². The summed E-state index contributed by atoms with van der Waals surface area (Å²) in [5.41, 5.74) is 5.81. The van der Waals surface area contributed by atoms with Crippen molar-refractivity contribution in [3.63, 3.8) is 0 Å². The van der Waals surface area contributed by atoms with E-state index in [0.717, 1.165) is 23.5 Å². The third-order valence-corrected chi connectivity index (χ3v) is 3.67. The van der Waals surface area contributed by atoms with Crippen LogP contribution in [0.5, 0.6) is 5.75 Å². The molecule has 0 aliphatic heterocycles. The first-order valence-electron chi connectivity index (χ1n) is 7.23. The van der Waals surface area contributed by atoms with Crippen LogP contribution in [0.1, 0.15) is 18.2 Å². The average molecular weight is 280 g/mol. The van der Waals surface area contributed by atoms with Gasteiger partial charge in [0.15, 0.2) is 0 Å². The second kappa shape index (κ2) is 5.52. The van der Waals surface area contributed by atoms with E-state index < -0.39 is 0 Å². The van der Waals surface area contributed by atoms with Crippen molar-refractivity contribution in [2.75, 3.05) is 12.4 Å². The van der Waals surface area contributed by atoms with Gasteiger partial charge in [0.05, 0.1) is 7.11 Å². The summed E-state index contributed by atoms with van der Waals surface area (Å²) in [5, 5.41) is 4.72. The molecule has 3 heteroatoms. The molecule has 0 unspecified atom stereocenters. The van der Waals surface area contributed by atoms with Crippen molar-refractivity contribution in [3.05, 3.63) is 53.7 Å². The number of hydrogen-bond acceptors (Lipinski definition) is 2. The predicted molar refractivity (Wildman–Crippen MR) is 88.7 cm³/mol. The van der Waals surface area contributed by atoms with Crippen molar-refractivity contribution in [2.45, 2.75) is 20.3 Å². The van der Waals surface area contributed by atoms with E-state index in [1.54, 1.807) is 7.11 Å². The molecule has 0 radical (unpaired) electrons. The number of H-pyrrole nitrogens is 1. The molecule has 1 aromatic heterocycles. The third kappa shape index (κ3) is 2.72. The van der Waals surface area contributed by atoms with Crippen LogP contribution < -0.4 is 10.1 Å². The maximum atomic E-state index is 5.28. The molecule has 0 saturated heterocycles. The van der Waals surface area contributed by atoms with Crippen molar-refractivity contribution < 1.29 is 4.74 Å². The fourth-order valence-corrected chi connectivity index (χ4v) is 2.59. The number of rotatable bonds is 4. The zero-order valence-electron chi connectivity index (χ0n) is 12.7. The van der Waals surface area contributed by atoms with Gasteiger partial charge < -0.3 is 15.0 Å². The maximum absolute atomic E-state index is 5.28. The molecule has 0 fully saturated rings. The summed E-state index contributed by atoms with van der Waals surface area (Å²) < 4.78 is 5.28. The summed E-state index contributed by atoms with van der Waals surface area (Å²) in [4.78, 5) is 3.47. The van der Waals surface area contributed by atoms with Gasteiger partial charge in [-0.3, -0.25) is 0 Å². The van der Waals surface area contributed by atoms with E-state index >= 15 is 0 Å². The Hall–Kier alpha value is -2.42. The van der Waals surface area contributed by atoms with Crippen molar-refractivity contribution in [2.24, 2.45) is 0 Å². The first-order valence-corrected chi connectivity index (χ1v) is 7.23. The average Bonchev–Trinajstić information content (AvgIpc) is 2.90. The minimum atomic E-state index is 0.854. The van der Waals surface area contributed by atoms with Crippen molar-refractivity contribution >= 4 is 22.3 Å². The van der Waals surface area contributed by atoms with Gasteiger partial charge in [-0.1, -0.05) is 13.0 Å². The smallest absolute Gasteiger partial charge is 0.120 e. The highest BCUT2D eigenvalue weighted by Gasteiger charge is 2.07. The first kappa shape index (κ1) is 13.6. The zero-order chi connectivity index (χ0) is 14.8. The molecule has 2 N–H and O–H groups in total. The molecule has 2 aromatic carbocycles. The van der Waals surface area contributed by atoms with Crippen molar-refractivity contribution in [3.8, 4) is 5.75 Å². The van der Waals surface area contributed by atoms with Crippen LogP contribution >= 0.6 is 0 Å². The number of hydrogen-bond donors (Lipinski definition) is 2. The molecule has 0 bridgehead atoms. The maximum Gasteiger partial charge on any atom is 0.120 e. The molecule has 0 aliphatic carbocycles. The Morgan fingerprint density at radius 3 is 2.76 bits per heavy atom. The second-order valence-electron chi connectivity index (χ2n) is 5.28. The SMILES string of the molecule is CCc1cc2c(Nc3cccc(OC)c3)cc(C)cc2[nH]1. The lowest BCUT2D eigenvalue weighted by molar-refractivity contribution is 0.415. The molecule has 3 aromatic rings. The molecule has 0 spiro atoms. The summed E-state index contributed by atoms with van der Waals surface area (Å²) in [5.74, 6) is 0.854. The molecule has 108 valence electrons. The lowest BCUT2D eigenvalue weighted by Crippen LogP contribution is -1.92. The van der Waals surface area contributed by atoms with Crippen LogP contribution in [0, 0.1) is 6.92 Å². The topological polar surface area (TPSA) is 37.0 Å². The predicted octanol–water partition coefficient (Wildman–Crippen LogP) is 4.79. The minimum Gasteiger partial charge on any atom is -0.497 e. The van der Waals surface area contributed by atoms with E-state index in [0.29, 0.717) is 0 Å². The van der Waals surface area contributed by atoms with Gasteiger partial charge >= 0.3 is 0 Å². The fourth-order valence-electron chi connectivity index (χ4n) is 2.59. The Kier molecular flexibility index (Phi) is 3.57. The van der Waals surface area contributed by atoms with Gasteiger partial charge in [-0.2, -0.15) is 0 Å². The van der Waals surface area contributed by atoms with E-state index in [1.165, 1.54) is 22.2 Å². The number of benzene rings is 2. The van der Waals surface area contributed by atoms with Crippen LogP contribution in [-0.4, -0.2) is 12.1 Å². The summed E-state index contributed by atoms with van der Waals surface area (Å²) >= 11 is 0. The Balaban J connectivity index is 2.04. The standard InChI is InChI=1S/C18H20N2O/c1-4-13-11-16-17(19-13)8-12(2)9-18(16)20-14-6-5-7-15(10-14)21-3/h5-11,19-20H,4H2,1-3H3. The highest BCUT2D eigenvalue weighted by atomic mass is 16.5. The number of fused-ring (bicyclic) bond motifs is 1. The quantitative estimate of drug-likeness (QED) is 0.721. The van der Waals surface area contributed by atoms with Crippen LogP contribution in [0.25, 0.3) is 10.9 Å². The van der Waals surface area contributed by atoms with E-state index in [4.69, 9.17) is 4.74 Å².